The van der Waals surface area contributed by atoms with Crippen molar-refractivity contribution in [2.24, 2.45) is 0 Å². The summed E-state index contributed by atoms with van der Waals surface area (Å²) < 4.78 is 6.72. The van der Waals surface area contributed by atoms with Gasteiger partial charge in [0.05, 0.1) is 12.0 Å². The summed E-state index contributed by atoms with van der Waals surface area (Å²) in [6, 6.07) is 20.6. The van der Waals surface area contributed by atoms with E-state index in [0.29, 0.717) is 23.9 Å². The molecule has 140 valence electrons. The Balaban J connectivity index is 1.67. The molecule has 28 heavy (non-hydrogen) atoms. The first-order chi connectivity index (χ1) is 13.8. The average Bonchev–Trinajstić information content (AvgIpc) is 3.42. The Hall–Kier alpha value is -3.45. The van der Waals surface area contributed by atoms with Gasteiger partial charge in [0.25, 0.3) is 5.91 Å². The number of para-hydroxylation sites is 1. The lowest BCUT2D eigenvalue weighted by Crippen LogP contribution is -2.17. The Morgan fingerprint density at radius 3 is 2.61 bits per heavy atom. The van der Waals surface area contributed by atoms with E-state index in [-0.39, 0.29) is 5.91 Å². The van der Waals surface area contributed by atoms with Crippen LogP contribution < -0.4 is 10.1 Å². The van der Waals surface area contributed by atoms with Gasteiger partial charge in [0.15, 0.2) is 5.82 Å². The Kier molecular flexibility index (Phi) is 5.16. The molecule has 0 amide bonds. The Bertz CT molecular complexity index is 1080. The number of benzene rings is 2. The van der Waals surface area contributed by atoms with Crippen LogP contribution in [0.15, 0.2) is 72.1 Å². The van der Waals surface area contributed by atoms with Crippen molar-refractivity contribution in [2.75, 3.05) is 12.4 Å². The van der Waals surface area contributed by atoms with E-state index in [2.05, 4.69) is 15.4 Å². The highest BCUT2D eigenvalue weighted by atomic mass is 32.1. The molecule has 0 spiro atoms. The summed E-state index contributed by atoms with van der Waals surface area (Å²) in [7, 11) is 1.63. The Morgan fingerprint density at radius 1 is 1.07 bits per heavy atom. The fourth-order valence-corrected chi connectivity index (χ4v) is 3.46. The summed E-state index contributed by atoms with van der Waals surface area (Å²) in [6.45, 7) is 0.453. The minimum atomic E-state index is -0.238. The smallest absolute Gasteiger partial charge is 0.281 e. The largest absolute Gasteiger partial charge is 0.496 e. The number of carbonyl (C=O) groups excluding carboxylic acids is 1. The summed E-state index contributed by atoms with van der Waals surface area (Å²) in [5.74, 6) is 1.44. The van der Waals surface area contributed by atoms with Gasteiger partial charge in [-0.3, -0.25) is 4.79 Å². The third-order valence-corrected chi connectivity index (χ3v) is 5.06. The lowest BCUT2D eigenvalue weighted by atomic mass is 10.2. The second kappa shape index (κ2) is 8.06. The molecule has 7 heteroatoms. The molecule has 0 fully saturated rings. The predicted molar refractivity (Wildman–Crippen MR) is 110 cm³/mol. The van der Waals surface area contributed by atoms with Crippen LogP contribution in [-0.2, 0) is 6.54 Å². The molecule has 1 N–H and O–H groups in total. The third-order valence-electron chi connectivity index (χ3n) is 4.19. The highest BCUT2D eigenvalue weighted by Gasteiger charge is 2.19. The van der Waals surface area contributed by atoms with Crippen LogP contribution in [0.1, 0.15) is 15.9 Å². The quantitative estimate of drug-likeness (QED) is 0.531. The van der Waals surface area contributed by atoms with Gasteiger partial charge in [-0.1, -0.05) is 42.5 Å². The number of hydrogen-bond acceptors (Lipinski definition) is 6. The van der Waals surface area contributed by atoms with Crippen molar-refractivity contribution < 1.29 is 9.53 Å². The van der Waals surface area contributed by atoms with Gasteiger partial charge in [0.2, 0.25) is 5.95 Å². The molecule has 0 aliphatic rings. The number of nitrogens with zero attached hydrogens (tertiary/aromatic N) is 3. The molecule has 4 aromatic rings. The van der Waals surface area contributed by atoms with Crippen molar-refractivity contribution in [3.8, 4) is 16.5 Å². The van der Waals surface area contributed by atoms with Crippen molar-refractivity contribution in [3.05, 3.63) is 83.2 Å². The van der Waals surface area contributed by atoms with Gasteiger partial charge in [-0.15, -0.1) is 16.4 Å². The van der Waals surface area contributed by atoms with Gasteiger partial charge < -0.3 is 10.1 Å². The highest BCUT2D eigenvalue weighted by Crippen LogP contribution is 2.24. The topological polar surface area (TPSA) is 69.0 Å². The summed E-state index contributed by atoms with van der Waals surface area (Å²) in [5.41, 5.74) is 1.51. The second-order valence-corrected chi connectivity index (χ2v) is 6.93. The monoisotopic (exact) mass is 390 g/mol. The first-order valence-electron chi connectivity index (χ1n) is 8.72. The molecular weight excluding hydrogens is 372 g/mol. The lowest BCUT2D eigenvalue weighted by molar-refractivity contribution is 0.0947. The molecular formula is C21H18N4O2S. The van der Waals surface area contributed by atoms with Crippen molar-refractivity contribution in [1.29, 1.82) is 0 Å². The van der Waals surface area contributed by atoms with Crippen LogP contribution in [0.4, 0.5) is 5.95 Å². The molecule has 2 heterocycles. The molecule has 2 aromatic carbocycles. The molecule has 0 atom stereocenters. The standard InChI is InChI=1S/C21H18N4O2S/c1-27-17-11-6-5-10-16(17)14-22-21-23-19(18-12-7-13-28-18)24-25(21)20(26)15-8-3-2-4-9-15/h2-13H,14H2,1H3,(H,22,23,24). The maximum absolute atomic E-state index is 13.0. The summed E-state index contributed by atoms with van der Waals surface area (Å²) in [4.78, 5) is 18.4. The third kappa shape index (κ3) is 3.65. The number of methoxy groups -OCH3 is 1. The number of aromatic nitrogens is 3. The van der Waals surface area contributed by atoms with Crippen LogP contribution in [0.25, 0.3) is 10.7 Å². The van der Waals surface area contributed by atoms with Gasteiger partial charge in [-0.2, -0.15) is 9.67 Å². The zero-order valence-corrected chi connectivity index (χ0v) is 16.0. The normalized spacial score (nSPS) is 10.6. The maximum atomic E-state index is 13.0. The van der Waals surface area contributed by atoms with Gasteiger partial charge in [-0.05, 0) is 29.6 Å². The van der Waals surface area contributed by atoms with E-state index < -0.39 is 0 Å². The molecule has 0 radical (unpaired) electrons. The van der Waals surface area contributed by atoms with Gasteiger partial charge >= 0.3 is 0 Å². The molecule has 0 aliphatic heterocycles. The van der Waals surface area contributed by atoms with E-state index in [4.69, 9.17) is 4.74 Å². The minimum absolute atomic E-state index is 0.238. The number of anilines is 1. The molecule has 0 unspecified atom stereocenters. The molecule has 2 aromatic heterocycles. The number of thiophene rings is 1. The highest BCUT2D eigenvalue weighted by molar-refractivity contribution is 7.13. The van der Waals surface area contributed by atoms with E-state index in [9.17, 15) is 4.79 Å². The van der Waals surface area contributed by atoms with Gasteiger partial charge in [0, 0.05) is 17.7 Å². The number of hydrogen-bond donors (Lipinski definition) is 1. The van der Waals surface area contributed by atoms with Crippen molar-refractivity contribution in [3.63, 3.8) is 0 Å². The van der Waals surface area contributed by atoms with Crippen LogP contribution in [0.5, 0.6) is 5.75 Å². The summed E-state index contributed by atoms with van der Waals surface area (Å²) >= 11 is 1.53. The summed E-state index contributed by atoms with van der Waals surface area (Å²) in [5, 5.41) is 9.64. The van der Waals surface area contributed by atoms with Gasteiger partial charge in [0.1, 0.15) is 5.75 Å². The number of ether oxygens (including phenoxy) is 1. The van der Waals surface area contributed by atoms with Crippen molar-refractivity contribution >= 4 is 23.2 Å². The van der Waals surface area contributed by atoms with Crippen molar-refractivity contribution in [1.82, 2.24) is 14.8 Å². The van der Waals surface area contributed by atoms with Crippen LogP contribution in [-0.4, -0.2) is 27.8 Å². The lowest BCUT2D eigenvalue weighted by Gasteiger charge is -2.10. The van der Waals surface area contributed by atoms with Crippen molar-refractivity contribution in [2.45, 2.75) is 6.54 Å². The molecule has 0 saturated carbocycles. The van der Waals surface area contributed by atoms with E-state index in [1.807, 2.05) is 60.0 Å². The summed E-state index contributed by atoms with van der Waals surface area (Å²) in [6.07, 6.45) is 0. The first-order valence-corrected chi connectivity index (χ1v) is 9.60. The Labute approximate surface area is 166 Å². The zero-order valence-electron chi connectivity index (χ0n) is 15.2. The SMILES string of the molecule is COc1ccccc1CNc1nc(-c2cccs2)nn1C(=O)c1ccccc1. The fourth-order valence-electron chi connectivity index (χ4n) is 2.80. The van der Waals surface area contributed by atoms with Crippen LogP contribution in [0.2, 0.25) is 0 Å². The first kappa shape index (κ1) is 17.9. The maximum Gasteiger partial charge on any atom is 0.281 e. The van der Waals surface area contributed by atoms with Crippen LogP contribution in [0.3, 0.4) is 0 Å². The molecule has 0 aliphatic carbocycles. The minimum Gasteiger partial charge on any atom is -0.496 e. The van der Waals surface area contributed by atoms with Crippen LogP contribution >= 0.6 is 11.3 Å². The Morgan fingerprint density at radius 2 is 1.86 bits per heavy atom. The van der Waals surface area contributed by atoms with Crippen LogP contribution in [0, 0.1) is 0 Å². The fraction of sp³-hybridized carbons (Fsp3) is 0.0952. The number of carbonyl (C=O) groups is 1. The predicted octanol–water partition coefficient (Wildman–Crippen LogP) is 4.32. The van der Waals surface area contributed by atoms with E-state index in [1.165, 1.54) is 16.0 Å². The number of nitrogens with one attached hydrogen (secondary N) is 1. The van der Waals surface area contributed by atoms with E-state index in [1.54, 1.807) is 19.2 Å². The zero-order chi connectivity index (χ0) is 19.3. The molecule has 6 nitrogen and oxygen atoms in total. The van der Waals surface area contributed by atoms with E-state index in [0.717, 1.165) is 16.2 Å². The van der Waals surface area contributed by atoms with E-state index >= 15 is 0 Å². The number of rotatable bonds is 6. The molecule has 4 rings (SSSR count). The molecule has 0 bridgehead atoms. The second-order valence-electron chi connectivity index (χ2n) is 5.98. The average molecular weight is 390 g/mol. The van der Waals surface area contributed by atoms with Gasteiger partial charge in [-0.25, -0.2) is 0 Å². The molecule has 0 saturated heterocycles.